The Balaban J connectivity index is 0.650. The second kappa shape index (κ2) is 25.0. The maximum atomic E-state index is 7.29. The Morgan fingerprint density at radius 3 is 1.04 bits per heavy atom. The fourth-order valence-electron chi connectivity index (χ4n) is 20.3. The van der Waals surface area contributed by atoms with Crippen LogP contribution in [-0.2, 0) is 10.8 Å². The highest BCUT2D eigenvalue weighted by Gasteiger charge is 2.54. The average molecular weight is 1470 g/mol. The molecule has 2 heterocycles. The molecule has 3 nitrogen and oxygen atoms in total. The van der Waals surface area contributed by atoms with Crippen LogP contribution in [0.2, 0.25) is 0 Å². The molecule has 530 valence electrons. The van der Waals surface area contributed by atoms with Gasteiger partial charge in [-0.3, -0.25) is 0 Å². The summed E-state index contributed by atoms with van der Waals surface area (Å²) in [5.74, 6) is 0. The van der Waals surface area contributed by atoms with E-state index in [2.05, 4.69) is 422 Å². The van der Waals surface area contributed by atoms with Gasteiger partial charge in [-0.05, 0) is 225 Å². The highest BCUT2D eigenvalue weighted by Crippen LogP contribution is 2.66. The molecule has 0 bridgehead atoms. The van der Waals surface area contributed by atoms with Gasteiger partial charge in [-0.25, -0.2) is 0 Å². The topological polar surface area (TPSA) is 19.6 Å². The molecule has 20 aromatic rings. The lowest BCUT2D eigenvalue weighted by atomic mass is 9.70. The summed E-state index contributed by atoms with van der Waals surface area (Å²) in [4.78, 5) is 4.98. The maximum absolute atomic E-state index is 7.29. The average Bonchev–Trinajstić information content (AvgIpc) is 1.51. The first-order chi connectivity index (χ1) is 56.5. The Bertz CT molecular complexity index is 7290. The molecule has 0 saturated heterocycles. The summed E-state index contributed by atoms with van der Waals surface area (Å²) < 4.78 is 9.88. The lowest BCUT2D eigenvalue weighted by Crippen LogP contribution is -2.26. The van der Waals surface area contributed by atoms with Gasteiger partial charge in [0.1, 0.15) is 11.2 Å². The zero-order chi connectivity index (χ0) is 74.7. The van der Waals surface area contributed by atoms with Gasteiger partial charge in [0.05, 0.1) is 22.2 Å². The van der Waals surface area contributed by atoms with Crippen molar-refractivity contribution in [1.82, 2.24) is 0 Å². The first-order valence-electron chi connectivity index (χ1n) is 39.4. The van der Waals surface area contributed by atoms with Gasteiger partial charge >= 0.3 is 0 Å². The van der Waals surface area contributed by atoms with Crippen LogP contribution in [0.1, 0.15) is 44.5 Å². The Labute approximate surface area is 665 Å². The Morgan fingerprint density at radius 2 is 0.526 bits per heavy atom. The van der Waals surface area contributed by atoms with E-state index in [-0.39, 0.29) is 0 Å². The number of hydrogen-bond donors (Lipinski definition) is 0. The third-order valence-corrected chi connectivity index (χ3v) is 26.3. The number of benzene rings is 18. The second-order valence-electron chi connectivity index (χ2n) is 30.8. The fraction of sp³-hybridized carbons (Fsp3) is 0.0182. The zero-order valence-corrected chi connectivity index (χ0v) is 62.8. The normalized spacial score (nSPS) is 14.1. The number of para-hydroxylation sites is 3. The number of anilines is 6. The Morgan fingerprint density at radius 1 is 0.193 bits per heavy atom. The number of fused-ring (bicyclic) bond motifs is 26. The summed E-state index contributed by atoms with van der Waals surface area (Å²) in [6.45, 7) is 0. The van der Waals surface area contributed by atoms with Crippen molar-refractivity contribution in [3.8, 4) is 100 Å². The summed E-state index contributed by atoms with van der Waals surface area (Å²) in [5.41, 5.74) is 38.8. The van der Waals surface area contributed by atoms with E-state index in [1.54, 1.807) is 0 Å². The molecule has 0 fully saturated rings. The molecule has 0 saturated carbocycles. The SMILES string of the molecule is c1ccc(-c2ccc(N(c3ccc4c(c3)C3(c5ccccc5-c5ccccc53)c3ccccc3-4)c3ccccc3-c3ccc4oc5c(-c6ccc7c(c6)C6(c8ccccc8-7)c7ccccc7-c7ccc(N(c8ccc(-c9ccccc9)cc8)c8ccccc8-c8ccc9sc%10ccccc%10c9c8)cc76)cccc5c4c3)cc2)cc1. The third-order valence-electron chi connectivity index (χ3n) is 25.1. The summed E-state index contributed by atoms with van der Waals surface area (Å²) in [7, 11) is 0. The maximum Gasteiger partial charge on any atom is 0.143 e. The van der Waals surface area contributed by atoms with Gasteiger partial charge in [0.2, 0.25) is 0 Å². The van der Waals surface area contributed by atoms with Gasteiger partial charge in [-0.2, -0.15) is 0 Å². The minimum absolute atomic E-state index is 0.514. The largest absolute Gasteiger partial charge is 0.455 e. The predicted octanol–water partition coefficient (Wildman–Crippen LogP) is 29.9. The fourth-order valence-corrected chi connectivity index (χ4v) is 21.4. The molecule has 18 aromatic carbocycles. The highest BCUT2D eigenvalue weighted by atomic mass is 32.1. The minimum Gasteiger partial charge on any atom is -0.455 e. The van der Waals surface area contributed by atoms with Crippen molar-refractivity contribution in [3.05, 3.63) is 457 Å². The van der Waals surface area contributed by atoms with Crippen molar-refractivity contribution in [2.45, 2.75) is 10.8 Å². The van der Waals surface area contributed by atoms with Crippen LogP contribution >= 0.6 is 11.3 Å². The summed E-state index contributed by atoms with van der Waals surface area (Å²) in [6, 6.07) is 154. The number of rotatable bonds is 11. The lowest BCUT2D eigenvalue weighted by molar-refractivity contribution is 0.670. The van der Waals surface area contributed by atoms with E-state index in [0.717, 1.165) is 83.9 Å². The number of hydrogen-bond acceptors (Lipinski definition) is 4. The van der Waals surface area contributed by atoms with E-state index in [9.17, 15) is 0 Å². The van der Waals surface area contributed by atoms with Crippen LogP contribution in [0.25, 0.3) is 142 Å². The van der Waals surface area contributed by atoms with E-state index in [1.165, 1.54) is 137 Å². The molecule has 1 unspecified atom stereocenters. The smallest absolute Gasteiger partial charge is 0.143 e. The Kier molecular flexibility index (Phi) is 14.2. The molecular formula is C110H68N2OS. The van der Waals surface area contributed by atoms with Gasteiger partial charge in [-0.15, -0.1) is 11.3 Å². The molecule has 0 aliphatic heterocycles. The molecule has 4 aliphatic rings. The van der Waals surface area contributed by atoms with Crippen LogP contribution in [0.15, 0.2) is 417 Å². The van der Waals surface area contributed by atoms with Crippen molar-refractivity contribution in [1.29, 1.82) is 0 Å². The van der Waals surface area contributed by atoms with E-state index in [0.29, 0.717) is 0 Å². The van der Waals surface area contributed by atoms with Crippen LogP contribution in [0.5, 0.6) is 0 Å². The molecule has 4 heteroatoms. The first-order valence-corrected chi connectivity index (χ1v) is 40.2. The molecular weight excluding hydrogens is 1400 g/mol. The van der Waals surface area contributed by atoms with E-state index in [1.807, 2.05) is 11.3 Å². The van der Waals surface area contributed by atoms with Gasteiger partial charge < -0.3 is 14.2 Å². The van der Waals surface area contributed by atoms with Gasteiger partial charge in [0, 0.05) is 70.4 Å². The molecule has 0 radical (unpaired) electrons. The molecule has 0 N–H and O–H groups in total. The molecule has 1 atom stereocenters. The van der Waals surface area contributed by atoms with Gasteiger partial charge in [0.25, 0.3) is 0 Å². The summed E-state index contributed by atoms with van der Waals surface area (Å²) in [6.07, 6.45) is 0. The van der Waals surface area contributed by atoms with Gasteiger partial charge in [0.15, 0.2) is 0 Å². The van der Waals surface area contributed by atoms with Crippen molar-refractivity contribution < 1.29 is 4.42 Å². The first kappa shape index (κ1) is 64.4. The summed E-state index contributed by atoms with van der Waals surface area (Å²) in [5, 5.41) is 4.69. The van der Waals surface area contributed by atoms with E-state index in [4.69, 9.17) is 4.42 Å². The Hall–Kier alpha value is -14.4. The molecule has 2 spiro atoms. The van der Waals surface area contributed by atoms with Crippen LogP contribution in [0.3, 0.4) is 0 Å². The van der Waals surface area contributed by atoms with Crippen molar-refractivity contribution in [2.75, 3.05) is 9.80 Å². The second-order valence-corrected chi connectivity index (χ2v) is 31.9. The van der Waals surface area contributed by atoms with Crippen molar-refractivity contribution in [3.63, 3.8) is 0 Å². The number of nitrogens with zero attached hydrogens (tertiary/aromatic N) is 2. The lowest BCUT2D eigenvalue weighted by Gasteiger charge is -2.33. The van der Waals surface area contributed by atoms with Crippen LogP contribution in [0, 0.1) is 0 Å². The molecule has 24 rings (SSSR count). The quantitative estimate of drug-likeness (QED) is 0.129. The minimum atomic E-state index is -0.682. The molecule has 4 aliphatic carbocycles. The highest BCUT2D eigenvalue weighted by molar-refractivity contribution is 7.25. The molecule has 2 aromatic heterocycles. The predicted molar refractivity (Wildman–Crippen MR) is 476 cm³/mol. The molecule has 114 heavy (non-hydrogen) atoms. The third kappa shape index (κ3) is 9.32. The van der Waals surface area contributed by atoms with Crippen molar-refractivity contribution in [2.24, 2.45) is 0 Å². The van der Waals surface area contributed by atoms with Crippen LogP contribution in [0.4, 0.5) is 34.1 Å². The van der Waals surface area contributed by atoms with E-state index >= 15 is 0 Å². The number of furan rings is 1. The van der Waals surface area contributed by atoms with Crippen molar-refractivity contribution >= 4 is 87.6 Å². The van der Waals surface area contributed by atoms with E-state index < -0.39 is 10.8 Å². The summed E-state index contributed by atoms with van der Waals surface area (Å²) >= 11 is 1.86. The van der Waals surface area contributed by atoms with Crippen LogP contribution in [-0.4, -0.2) is 0 Å². The van der Waals surface area contributed by atoms with Crippen LogP contribution < -0.4 is 9.80 Å². The molecule has 0 amide bonds. The van der Waals surface area contributed by atoms with Gasteiger partial charge in [-0.1, -0.05) is 315 Å². The standard InChI is InChI=1S/C110H68N2OS/c1-3-24-69(25-4-1)71-46-53-76(54-47-71)111(78-57-60-89-86-33-9-17-40-97(86)109(101(89)67-78)95-38-15-7-30-83(95)84-31-8-16-39-96(84)109)103-43-20-12-28-80(103)73-51-62-105-93(64-73)92-37-23-36-82(108(92)113-105)75-50-59-88-85-32-10-18-41-98(85)110(100(88)66-75)99-42-19-11-34-87(99)90-61-58-79(68-102(90)110)112(77-55-48-72(49-56-77)70-26-5-2-6-27-70)104-44-21-13-29-81(104)74-52-63-107-94(65-74)91-35-14-22-45-106(91)114-107/h1-68H. The monoisotopic (exact) mass is 1460 g/mol. The zero-order valence-electron chi connectivity index (χ0n) is 62.0. The number of thiophene rings is 1.